The summed E-state index contributed by atoms with van der Waals surface area (Å²) in [7, 11) is 0. The van der Waals surface area contributed by atoms with Gasteiger partial charge in [-0.2, -0.15) is 0 Å². The predicted molar refractivity (Wildman–Crippen MR) is 149 cm³/mol. The van der Waals surface area contributed by atoms with Crippen LogP contribution < -0.4 is 9.64 Å². The molecule has 5 nitrogen and oxygen atoms in total. The third-order valence-electron chi connectivity index (χ3n) is 8.88. The lowest BCUT2D eigenvalue weighted by Gasteiger charge is -2.44. The number of rotatable bonds is 8. The maximum Gasteiger partial charge on any atom is 0.239 e. The Hall–Kier alpha value is -3.70. The molecule has 3 heterocycles. The minimum Gasteiger partial charge on any atom is -0.489 e. The van der Waals surface area contributed by atoms with E-state index >= 15 is 0 Å². The molecule has 2 fully saturated rings. The van der Waals surface area contributed by atoms with Gasteiger partial charge in [-0.05, 0) is 54.0 Å². The Morgan fingerprint density at radius 2 is 1.74 bits per heavy atom. The van der Waals surface area contributed by atoms with Gasteiger partial charge in [0.2, 0.25) is 5.91 Å². The lowest BCUT2D eigenvalue weighted by Crippen LogP contribution is -2.54. The van der Waals surface area contributed by atoms with Crippen LogP contribution in [0.5, 0.6) is 5.75 Å². The van der Waals surface area contributed by atoms with Crippen molar-refractivity contribution in [3.8, 4) is 5.75 Å². The maximum atomic E-state index is 14.5. The second-order valence-corrected chi connectivity index (χ2v) is 10.9. The molecule has 3 aliphatic heterocycles. The molecule has 3 aromatic carbocycles. The fraction of sp³-hybridized carbons (Fsp3) is 0.333. The van der Waals surface area contributed by atoms with Gasteiger partial charge < -0.3 is 14.4 Å². The average molecular weight is 507 g/mol. The highest BCUT2D eigenvalue weighted by molar-refractivity contribution is 6.09. The number of anilines is 1. The molecule has 0 aliphatic carbocycles. The van der Waals surface area contributed by atoms with Gasteiger partial charge in [0.15, 0.2) is 0 Å². The highest BCUT2D eigenvalue weighted by Gasteiger charge is 2.61. The third-order valence-corrected chi connectivity index (χ3v) is 8.88. The number of nitrogens with zero attached hydrogens (tertiary/aromatic N) is 2. The summed E-state index contributed by atoms with van der Waals surface area (Å²) in [5.74, 6) is 1.43. The maximum absolute atomic E-state index is 14.5. The van der Waals surface area contributed by atoms with Gasteiger partial charge in [-0.25, -0.2) is 0 Å². The number of hydrogen-bond donors (Lipinski definition) is 0. The van der Waals surface area contributed by atoms with E-state index < -0.39 is 5.41 Å². The minimum atomic E-state index is -0.602. The molecule has 1 spiro atoms. The van der Waals surface area contributed by atoms with Crippen molar-refractivity contribution in [3.05, 3.63) is 108 Å². The lowest BCUT2D eigenvalue weighted by molar-refractivity contribution is -0.125. The van der Waals surface area contributed by atoms with E-state index in [1.54, 1.807) is 0 Å². The van der Waals surface area contributed by atoms with Gasteiger partial charge in [-0.15, -0.1) is 6.58 Å². The van der Waals surface area contributed by atoms with Crippen molar-refractivity contribution in [1.29, 1.82) is 0 Å². The standard InChI is InChI=1S/C33H34N2O3/c1-2-26-22-34-17-16-33(31(34)19-27(26)15-18-36)29-14-13-28(38-23-25-11-7-4-8-12-25)20-30(29)35(32(33)37)21-24-9-5-3-6-10-24/h2-14,18,20,26-27,31H,1,15-17,19,21-23H2/t26-,27-,31-,33-/m0/s1. The van der Waals surface area contributed by atoms with E-state index in [1.165, 1.54) is 0 Å². The van der Waals surface area contributed by atoms with E-state index in [9.17, 15) is 9.59 Å². The van der Waals surface area contributed by atoms with Gasteiger partial charge in [-0.3, -0.25) is 9.69 Å². The Kier molecular flexibility index (Phi) is 6.62. The fourth-order valence-corrected chi connectivity index (χ4v) is 6.96. The summed E-state index contributed by atoms with van der Waals surface area (Å²) in [6.07, 6.45) is 5.15. The zero-order chi connectivity index (χ0) is 26.1. The number of amides is 1. The van der Waals surface area contributed by atoms with Crippen LogP contribution >= 0.6 is 0 Å². The molecule has 1 amide bonds. The van der Waals surface area contributed by atoms with Crippen LogP contribution in [-0.2, 0) is 28.2 Å². The van der Waals surface area contributed by atoms with Crippen LogP contribution in [0.2, 0.25) is 0 Å². The van der Waals surface area contributed by atoms with Crippen molar-refractivity contribution in [2.75, 3.05) is 18.0 Å². The number of aldehydes is 1. The van der Waals surface area contributed by atoms with E-state index in [1.807, 2.05) is 53.4 Å². The average Bonchev–Trinajstić information content (AvgIpc) is 3.44. The molecule has 0 N–H and O–H groups in total. The van der Waals surface area contributed by atoms with Crippen molar-refractivity contribution in [2.45, 2.75) is 43.9 Å². The zero-order valence-electron chi connectivity index (χ0n) is 21.7. The zero-order valence-corrected chi connectivity index (χ0v) is 21.7. The number of hydrogen-bond acceptors (Lipinski definition) is 4. The Bertz CT molecular complexity index is 1320. The quantitative estimate of drug-likeness (QED) is 0.298. The van der Waals surface area contributed by atoms with Crippen LogP contribution in [0.4, 0.5) is 5.69 Å². The molecule has 3 aliphatic rings. The molecule has 194 valence electrons. The number of benzene rings is 3. The smallest absolute Gasteiger partial charge is 0.239 e. The van der Waals surface area contributed by atoms with Crippen molar-refractivity contribution >= 4 is 17.9 Å². The van der Waals surface area contributed by atoms with Gasteiger partial charge in [0.1, 0.15) is 18.6 Å². The van der Waals surface area contributed by atoms with E-state index in [2.05, 4.69) is 47.9 Å². The largest absolute Gasteiger partial charge is 0.489 e. The number of carbonyl (C=O) groups excluding carboxylic acids is 2. The van der Waals surface area contributed by atoms with Crippen molar-refractivity contribution in [1.82, 2.24) is 4.90 Å². The SMILES string of the molecule is C=C[C@H]1CN2CC[C@@]3(C(=O)N(Cc4ccccc4)c4cc(OCc5ccccc5)ccc43)[C@@H]2C[C@@H]1CC=O. The van der Waals surface area contributed by atoms with Crippen LogP contribution in [0, 0.1) is 11.8 Å². The summed E-state index contributed by atoms with van der Waals surface area (Å²) in [5.41, 5.74) is 3.65. The predicted octanol–water partition coefficient (Wildman–Crippen LogP) is 5.54. The summed E-state index contributed by atoms with van der Waals surface area (Å²) in [5, 5.41) is 0. The second kappa shape index (κ2) is 10.2. The summed E-state index contributed by atoms with van der Waals surface area (Å²) in [6.45, 7) is 6.78. The van der Waals surface area contributed by atoms with E-state index in [0.717, 1.165) is 60.3 Å². The summed E-state index contributed by atoms with van der Waals surface area (Å²) < 4.78 is 6.19. The monoisotopic (exact) mass is 506 g/mol. The fourth-order valence-electron chi connectivity index (χ4n) is 6.96. The summed E-state index contributed by atoms with van der Waals surface area (Å²) >= 11 is 0. The number of piperidine rings is 1. The minimum absolute atomic E-state index is 0.0757. The molecule has 5 heteroatoms. The summed E-state index contributed by atoms with van der Waals surface area (Å²) in [6, 6.07) is 26.6. The normalized spacial score (nSPS) is 26.3. The Morgan fingerprint density at radius 3 is 2.45 bits per heavy atom. The van der Waals surface area contributed by atoms with Gasteiger partial charge in [0.05, 0.1) is 17.6 Å². The third kappa shape index (κ3) is 4.15. The molecule has 4 atom stereocenters. The lowest BCUT2D eigenvalue weighted by atomic mass is 9.68. The van der Waals surface area contributed by atoms with Crippen molar-refractivity contribution < 1.29 is 14.3 Å². The first-order valence-electron chi connectivity index (χ1n) is 13.6. The van der Waals surface area contributed by atoms with Crippen LogP contribution in [-0.4, -0.2) is 36.2 Å². The van der Waals surface area contributed by atoms with Gasteiger partial charge in [0, 0.05) is 25.1 Å². The molecule has 0 saturated carbocycles. The topological polar surface area (TPSA) is 49.9 Å². The van der Waals surface area contributed by atoms with Crippen molar-refractivity contribution in [3.63, 3.8) is 0 Å². The Balaban J connectivity index is 1.37. The molecule has 0 bridgehead atoms. The van der Waals surface area contributed by atoms with Crippen LogP contribution in [0.1, 0.15) is 36.0 Å². The van der Waals surface area contributed by atoms with Gasteiger partial charge in [-0.1, -0.05) is 72.8 Å². The van der Waals surface area contributed by atoms with Gasteiger partial charge in [0.25, 0.3) is 0 Å². The first-order valence-corrected chi connectivity index (χ1v) is 13.6. The highest BCUT2D eigenvalue weighted by atomic mass is 16.5. The molecule has 0 radical (unpaired) electrons. The van der Waals surface area contributed by atoms with E-state index in [-0.39, 0.29) is 23.8 Å². The van der Waals surface area contributed by atoms with E-state index in [0.29, 0.717) is 19.6 Å². The van der Waals surface area contributed by atoms with Crippen molar-refractivity contribution in [2.24, 2.45) is 11.8 Å². The number of carbonyl (C=O) groups is 2. The van der Waals surface area contributed by atoms with E-state index in [4.69, 9.17) is 4.74 Å². The first-order chi connectivity index (χ1) is 18.6. The summed E-state index contributed by atoms with van der Waals surface area (Å²) in [4.78, 5) is 30.5. The number of fused-ring (bicyclic) bond motifs is 4. The Morgan fingerprint density at radius 1 is 1.00 bits per heavy atom. The van der Waals surface area contributed by atoms with Crippen LogP contribution in [0.25, 0.3) is 0 Å². The molecule has 38 heavy (non-hydrogen) atoms. The molecule has 6 rings (SSSR count). The molecular formula is C33H34N2O3. The second-order valence-electron chi connectivity index (χ2n) is 10.9. The Labute approximate surface area is 224 Å². The molecule has 0 aromatic heterocycles. The van der Waals surface area contributed by atoms with Gasteiger partial charge >= 0.3 is 0 Å². The molecular weight excluding hydrogens is 472 g/mol. The number of ether oxygens (including phenoxy) is 1. The molecule has 3 aromatic rings. The van der Waals surface area contributed by atoms with Crippen LogP contribution in [0.15, 0.2) is 91.5 Å². The molecule has 0 unspecified atom stereocenters. The van der Waals surface area contributed by atoms with Crippen LogP contribution in [0.3, 0.4) is 0 Å². The first kappa shape index (κ1) is 24.6. The highest BCUT2D eigenvalue weighted by Crippen LogP contribution is 2.55. The molecule has 2 saturated heterocycles.